The molecule has 0 unspecified atom stereocenters. The Bertz CT molecular complexity index is 1020. The number of halogens is 1. The van der Waals surface area contributed by atoms with Crippen LogP contribution in [-0.4, -0.2) is 43.2 Å². The smallest absolute Gasteiger partial charge is 0.338 e. The third-order valence-corrected chi connectivity index (χ3v) is 4.26. The van der Waals surface area contributed by atoms with Crippen LogP contribution >= 0.6 is 11.6 Å². The molecule has 2 aromatic carbocycles. The summed E-state index contributed by atoms with van der Waals surface area (Å²) in [5.74, 6) is 0.443. The van der Waals surface area contributed by atoms with Gasteiger partial charge in [0.25, 0.3) is 5.91 Å². The van der Waals surface area contributed by atoms with E-state index >= 15 is 0 Å². The number of hydrogen-bond acceptors (Lipinski definition) is 6. The Morgan fingerprint density at radius 3 is 2.47 bits per heavy atom. The summed E-state index contributed by atoms with van der Waals surface area (Å²) in [6.07, 6.45) is 0. The van der Waals surface area contributed by atoms with Crippen molar-refractivity contribution in [1.82, 2.24) is 10.3 Å². The van der Waals surface area contributed by atoms with Crippen molar-refractivity contribution in [2.45, 2.75) is 6.92 Å². The second kappa shape index (κ2) is 10.5. The summed E-state index contributed by atoms with van der Waals surface area (Å²) in [6, 6.07) is 15.5. The molecule has 156 valence electrons. The maximum absolute atomic E-state index is 12.2. The van der Waals surface area contributed by atoms with E-state index in [9.17, 15) is 9.59 Å². The van der Waals surface area contributed by atoms with E-state index < -0.39 is 11.9 Å². The van der Waals surface area contributed by atoms with E-state index in [-0.39, 0.29) is 19.8 Å². The first-order valence-electron chi connectivity index (χ1n) is 9.41. The van der Waals surface area contributed by atoms with Gasteiger partial charge in [-0.25, -0.2) is 9.78 Å². The molecule has 1 heterocycles. The van der Waals surface area contributed by atoms with Gasteiger partial charge in [-0.15, -0.1) is 0 Å². The number of amides is 1. The van der Waals surface area contributed by atoms with Crippen LogP contribution in [0.3, 0.4) is 0 Å². The van der Waals surface area contributed by atoms with Gasteiger partial charge in [0.2, 0.25) is 0 Å². The first-order valence-corrected chi connectivity index (χ1v) is 9.79. The molecular formula is C22H21ClN2O5. The molecule has 7 nitrogen and oxygen atoms in total. The zero-order valence-corrected chi connectivity index (χ0v) is 17.1. The molecular weight excluding hydrogens is 408 g/mol. The molecule has 0 spiro atoms. The van der Waals surface area contributed by atoms with Crippen molar-refractivity contribution >= 4 is 34.4 Å². The summed E-state index contributed by atoms with van der Waals surface area (Å²) < 4.78 is 16.0. The number of benzene rings is 2. The van der Waals surface area contributed by atoms with Gasteiger partial charge in [-0.3, -0.25) is 4.79 Å². The Hall–Kier alpha value is -3.32. The molecule has 0 radical (unpaired) electrons. The molecule has 0 saturated carbocycles. The van der Waals surface area contributed by atoms with Gasteiger partial charge in [0.15, 0.2) is 6.61 Å². The summed E-state index contributed by atoms with van der Waals surface area (Å²) in [6.45, 7) is 2.71. The van der Waals surface area contributed by atoms with Crippen molar-refractivity contribution in [2.24, 2.45) is 0 Å². The Balaban J connectivity index is 1.39. The zero-order valence-electron chi connectivity index (χ0n) is 16.4. The minimum atomic E-state index is -0.590. The van der Waals surface area contributed by atoms with E-state index in [4.69, 9.17) is 25.8 Å². The van der Waals surface area contributed by atoms with Crippen molar-refractivity contribution in [3.8, 4) is 11.5 Å². The standard InChI is InChI=1S/C22H21ClN2O5/c1-2-28-17-5-7-18(8-6-17)29-12-11-24-21(26)14-30-22(27)16-3-9-19-15(13-16)4-10-20(23)25-19/h3-10,13H,2,11-12,14H2,1H3,(H,24,26). The van der Waals surface area contributed by atoms with Gasteiger partial charge >= 0.3 is 5.97 Å². The minimum absolute atomic E-state index is 0.284. The number of nitrogens with zero attached hydrogens (tertiary/aromatic N) is 1. The lowest BCUT2D eigenvalue weighted by Crippen LogP contribution is -2.32. The number of esters is 1. The molecule has 1 aromatic heterocycles. The van der Waals surface area contributed by atoms with Crippen molar-refractivity contribution in [3.63, 3.8) is 0 Å². The van der Waals surface area contributed by atoms with Crippen LogP contribution < -0.4 is 14.8 Å². The van der Waals surface area contributed by atoms with Gasteiger partial charge in [0, 0.05) is 5.39 Å². The third-order valence-electron chi connectivity index (χ3n) is 4.05. The SMILES string of the molecule is CCOc1ccc(OCCNC(=O)COC(=O)c2ccc3nc(Cl)ccc3c2)cc1. The van der Waals surface area contributed by atoms with E-state index in [1.165, 1.54) is 0 Å². The number of ether oxygens (including phenoxy) is 3. The number of aromatic nitrogens is 1. The summed E-state index contributed by atoms with van der Waals surface area (Å²) >= 11 is 5.85. The lowest BCUT2D eigenvalue weighted by molar-refractivity contribution is -0.124. The molecule has 0 aliphatic carbocycles. The predicted molar refractivity (Wildman–Crippen MR) is 113 cm³/mol. The average molecular weight is 429 g/mol. The van der Waals surface area contributed by atoms with Crippen LogP contribution in [0.2, 0.25) is 5.15 Å². The number of pyridine rings is 1. The molecule has 0 atom stereocenters. The molecule has 0 bridgehead atoms. The Morgan fingerprint density at radius 2 is 1.73 bits per heavy atom. The van der Waals surface area contributed by atoms with E-state index in [0.717, 1.165) is 11.1 Å². The maximum Gasteiger partial charge on any atom is 0.338 e. The van der Waals surface area contributed by atoms with Crippen LogP contribution in [0.25, 0.3) is 10.9 Å². The van der Waals surface area contributed by atoms with Gasteiger partial charge in [0.05, 0.1) is 24.2 Å². The van der Waals surface area contributed by atoms with Crippen LogP contribution in [0.1, 0.15) is 17.3 Å². The molecule has 0 aliphatic rings. The molecule has 3 rings (SSSR count). The highest BCUT2D eigenvalue weighted by molar-refractivity contribution is 6.29. The highest BCUT2D eigenvalue weighted by Gasteiger charge is 2.11. The largest absolute Gasteiger partial charge is 0.494 e. The number of nitrogens with one attached hydrogen (secondary N) is 1. The van der Waals surface area contributed by atoms with Crippen LogP contribution in [0, 0.1) is 0 Å². The lowest BCUT2D eigenvalue weighted by atomic mass is 10.1. The third kappa shape index (κ3) is 6.09. The van der Waals surface area contributed by atoms with E-state index in [1.807, 2.05) is 19.1 Å². The Kier molecular flexibility index (Phi) is 7.45. The molecule has 0 fully saturated rings. The van der Waals surface area contributed by atoms with Gasteiger partial charge in [-0.05, 0) is 61.5 Å². The lowest BCUT2D eigenvalue weighted by Gasteiger charge is -2.09. The number of carbonyl (C=O) groups excluding carboxylic acids is 2. The zero-order chi connectivity index (χ0) is 21.3. The van der Waals surface area contributed by atoms with Crippen molar-refractivity contribution in [1.29, 1.82) is 0 Å². The normalized spacial score (nSPS) is 10.5. The van der Waals surface area contributed by atoms with E-state index in [1.54, 1.807) is 42.5 Å². The molecule has 30 heavy (non-hydrogen) atoms. The maximum atomic E-state index is 12.2. The predicted octanol–water partition coefficient (Wildman–Crippen LogP) is 3.64. The van der Waals surface area contributed by atoms with Gasteiger partial charge < -0.3 is 19.5 Å². The van der Waals surface area contributed by atoms with Gasteiger partial charge in [-0.1, -0.05) is 11.6 Å². The van der Waals surface area contributed by atoms with Crippen LogP contribution in [0.15, 0.2) is 54.6 Å². The first kappa shape index (κ1) is 21.4. The number of carbonyl (C=O) groups is 2. The fourth-order valence-electron chi connectivity index (χ4n) is 2.65. The Morgan fingerprint density at radius 1 is 1.00 bits per heavy atom. The molecule has 0 saturated heterocycles. The molecule has 8 heteroatoms. The van der Waals surface area contributed by atoms with Crippen molar-refractivity contribution in [2.75, 3.05) is 26.4 Å². The molecule has 1 N–H and O–H groups in total. The number of hydrogen-bond donors (Lipinski definition) is 1. The second-order valence-electron chi connectivity index (χ2n) is 6.22. The summed E-state index contributed by atoms with van der Waals surface area (Å²) in [5.41, 5.74) is 1.00. The topological polar surface area (TPSA) is 86.8 Å². The average Bonchev–Trinajstić information content (AvgIpc) is 2.76. The first-order chi connectivity index (χ1) is 14.5. The van der Waals surface area contributed by atoms with E-state index in [2.05, 4.69) is 10.3 Å². The number of fused-ring (bicyclic) bond motifs is 1. The van der Waals surface area contributed by atoms with E-state index in [0.29, 0.717) is 28.6 Å². The highest BCUT2D eigenvalue weighted by atomic mass is 35.5. The number of rotatable bonds is 9. The van der Waals surface area contributed by atoms with Crippen LogP contribution in [0.4, 0.5) is 0 Å². The molecule has 0 aliphatic heterocycles. The Labute approximate surface area is 178 Å². The highest BCUT2D eigenvalue weighted by Crippen LogP contribution is 2.18. The fraction of sp³-hybridized carbons (Fsp3) is 0.227. The van der Waals surface area contributed by atoms with Crippen LogP contribution in [-0.2, 0) is 9.53 Å². The minimum Gasteiger partial charge on any atom is -0.494 e. The summed E-state index contributed by atoms with van der Waals surface area (Å²) in [4.78, 5) is 28.2. The van der Waals surface area contributed by atoms with Gasteiger partial charge in [0.1, 0.15) is 23.3 Å². The van der Waals surface area contributed by atoms with Crippen LogP contribution in [0.5, 0.6) is 11.5 Å². The molecule has 1 amide bonds. The van der Waals surface area contributed by atoms with Crippen molar-refractivity contribution < 1.29 is 23.8 Å². The fourth-order valence-corrected chi connectivity index (χ4v) is 2.81. The summed E-state index contributed by atoms with van der Waals surface area (Å²) in [7, 11) is 0. The van der Waals surface area contributed by atoms with Crippen molar-refractivity contribution in [3.05, 3.63) is 65.3 Å². The van der Waals surface area contributed by atoms with Gasteiger partial charge in [-0.2, -0.15) is 0 Å². The summed E-state index contributed by atoms with van der Waals surface area (Å²) in [5, 5.41) is 3.77. The quantitative estimate of drug-likeness (QED) is 0.318. The second-order valence-corrected chi connectivity index (χ2v) is 6.61. The monoisotopic (exact) mass is 428 g/mol. The molecule has 3 aromatic rings.